The van der Waals surface area contributed by atoms with Crippen LogP contribution in [-0.2, 0) is 10.0 Å². The highest BCUT2D eigenvalue weighted by Gasteiger charge is 2.17. The fraction of sp³-hybridized carbons (Fsp3) is 0.0625. The second kappa shape index (κ2) is 7.18. The zero-order chi connectivity index (χ0) is 16.9. The van der Waals surface area contributed by atoms with Gasteiger partial charge < -0.3 is 4.74 Å². The number of rotatable bonds is 5. The molecule has 0 unspecified atom stereocenters. The summed E-state index contributed by atoms with van der Waals surface area (Å²) in [5.41, 5.74) is 0.897. The van der Waals surface area contributed by atoms with E-state index >= 15 is 0 Å². The van der Waals surface area contributed by atoms with Crippen molar-refractivity contribution in [1.29, 1.82) is 5.26 Å². The van der Waals surface area contributed by atoms with Gasteiger partial charge in [0, 0.05) is 10.7 Å². The van der Waals surface area contributed by atoms with Crippen LogP contribution in [0.5, 0.6) is 5.75 Å². The van der Waals surface area contributed by atoms with Crippen molar-refractivity contribution < 1.29 is 13.2 Å². The summed E-state index contributed by atoms with van der Waals surface area (Å²) in [6.07, 6.45) is 1.28. The molecule has 2 aromatic rings. The standard InChI is InChI=1S/C16H13ClN2O3S/c1-22-15-8-6-14(7-9-15)19-23(20,21)16(11-18)10-12-2-4-13(17)5-3-12/h2-10,19H,1H3/b16-10+. The normalized spacial score (nSPS) is 11.6. The minimum Gasteiger partial charge on any atom is -0.497 e. The summed E-state index contributed by atoms with van der Waals surface area (Å²) in [6.45, 7) is 0. The van der Waals surface area contributed by atoms with Crippen molar-refractivity contribution in [3.8, 4) is 11.8 Å². The fourth-order valence-corrected chi connectivity index (χ4v) is 2.84. The number of sulfonamides is 1. The van der Waals surface area contributed by atoms with Crippen LogP contribution in [0.1, 0.15) is 5.56 Å². The molecule has 0 aliphatic heterocycles. The number of benzene rings is 2. The summed E-state index contributed by atoms with van der Waals surface area (Å²) in [4.78, 5) is -0.393. The van der Waals surface area contributed by atoms with Crippen LogP contribution < -0.4 is 9.46 Å². The van der Waals surface area contributed by atoms with E-state index in [9.17, 15) is 8.42 Å². The highest BCUT2D eigenvalue weighted by atomic mass is 35.5. The summed E-state index contributed by atoms with van der Waals surface area (Å²) >= 11 is 5.78. The molecule has 0 fully saturated rings. The Bertz CT molecular complexity index is 852. The predicted octanol–water partition coefficient (Wildman–Crippen LogP) is 3.65. The van der Waals surface area contributed by atoms with Crippen LogP contribution in [-0.4, -0.2) is 15.5 Å². The van der Waals surface area contributed by atoms with E-state index in [1.165, 1.54) is 13.2 Å². The number of hydrogen-bond donors (Lipinski definition) is 1. The molecule has 0 atom stereocenters. The van der Waals surface area contributed by atoms with Crippen LogP contribution in [0.3, 0.4) is 0 Å². The molecule has 7 heteroatoms. The number of allylic oxidation sites excluding steroid dienone is 1. The SMILES string of the molecule is COc1ccc(NS(=O)(=O)/C(C#N)=C/c2ccc(Cl)cc2)cc1. The van der Waals surface area contributed by atoms with Crippen molar-refractivity contribution >= 4 is 33.4 Å². The van der Waals surface area contributed by atoms with E-state index in [4.69, 9.17) is 21.6 Å². The lowest BCUT2D eigenvalue weighted by molar-refractivity contribution is 0.415. The molecule has 0 aliphatic carbocycles. The van der Waals surface area contributed by atoms with E-state index in [2.05, 4.69) is 4.72 Å². The molecule has 0 aliphatic rings. The lowest BCUT2D eigenvalue weighted by Gasteiger charge is -2.08. The van der Waals surface area contributed by atoms with Gasteiger partial charge in [-0.1, -0.05) is 23.7 Å². The summed E-state index contributed by atoms with van der Waals surface area (Å²) in [5, 5.41) is 9.68. The van der Waals surface area contributed by atoms with Gasteiger partial charge in [0.15, 0.2) is 4.91 Å². The van der Waals surface area contributed by atoms with Crippen molar-refractivity contribution in [2.24, 2.45) is 0 Å². The molecule has 0 saturated carbocycles. The molecule has 5 nitrogen and oxygen atoms in total. The minimum absolute atomic E-state index is 0.336. The molecule has 1 N–H and O–H groups in total. The first-order valence-electron chi connectivity index (χ1n) is 6.49. The maximum absolute atomic E-state index is 12.3. The average molecular weight is 349 g/mol. The average Bonchev–Trinajstić information content (AvgIpc) is 2.54. The number of nitrogens with one attached hydrogen (secondary N) is 1. The molecular formula is C16H13ClN2O3S. The Balaban J connectivity index is 2.28. The predicted molar refractivity (Wildman–Crippen MR) is 90.6 cm³/mol. The minimum atomic E-state index is -3.98. The smallest absolute Gasteiger partial charge is 0.272 e. The van der Waals surface area contributed by atoms with Crippen LogP contribution in [0.4, 0.5) is 5.69 Å². The molecule has 23 heavy (non-hydrogen) atoms. The van der Waals surface area contributed by atoms with Gasteiger partial charge in [-0.3, -0.25) is 4.72 Å². The zero-order valence-corrected chi connectivity index (χ0v) is 13.7. The first-order chi connectivity index (χ1) is 10.9. The lowest BCUT2D eigenvalue weighted by atomic mass is 10.2. The van der Waals surface area contributed by atoms with Crippen molar-refractivity contribution in [1.82, 2.24) is 0 Å². The van der Waals surface area contributed by atoms with Crippen LogP contribution in [0.15, 0.2) is 53.4 Å². The molecule has 0 heterocycles. The first kappa shape index (κ1) is 16.9. The topological polar surface area (TPSA) is 79.2 Å². The highest BCUT2D eigenvalue weighted by molar-refractivity contribution is 7.96. The number of methoxy groups -OCH3 is 1. The molecule has 118 valence electrons. The van der Waals surface area contributed by atoms with Gasteiger partial charge in [-0.25, -0.2) is 8.42 Å². The van der Waals surface area contributed by atoms with E-state index in [1.807, 2.05) is 0 Å². The molecular weight excluding hydrogens is 336 g/mol. The van der Waals surface area contributed by atoms with E-state index in [1.54, 1.807) is 54.6 Å². The van der Waals surface area contributed by atoms with Crippen molar-refractivity contribution in [2.75, 3.05) is 11.8 Å². The van der Waals surface area contributed by atoms with E-state index < -0.39 is 14.9 Å². The number of ether oxygens (including phenoxy) is 1. The van der Waals surface area contributed by atoms with Gasteiger partial charge in [-0.05, 0) is 48.0 Å². The van der Waals surface area contributed by atoms with Crippen LogP contribution in [0.25, 0.3) is 6.08 Å². The Morgan fingerprint density at radius 2 is 1.78 bits per heavy atom. The second-order valence-corrected chi connectivity index (χ2v) is 6.59. The number of halogens is 1. The van der Waals surface area contributed by atoms with E-state index in [-0.39, 0.29) is 0 Å². The molecule has 0 spiro atoms. The van der Waals surface area contributed by atoms with Crippen LogP contribution in [0.2, 0.25) is 5.02 Å². The van der Waals surface area contributed by atoms with Gasteiger partial charge in [0.2, 0.25) is 0 Å². The molecule has 0 amide bonds. The maximum Gasteiger partial charge on any atom is 0.272 e. The number of nitriles is 1. The van der Waals surface area contributed by atoms with Gasteiger partial charge in [-0.2, -0.15) is 5.26 Å². The molecule has 0 saturated heterocycles. The molecule has 2 aromatic carbocycles. The van der Waals surface area contributed by atoms with Gasteiger partial charge in [-0.15, -0.1) is 0 Å². The van der Waals surface area contributed by atoms with Crippen molar-refractivity contribution in [3.63, 3.8) is 0 Å². The molecule has 0 aromatic heterocycles. The second-order valence-electron chi connectivity index (χ2n) is 4.51. The summed E-state index contributed by atoms with van der Waals surface area (Å²) in [7, 11) is -2.46. The van der Waals surface area contributed by atoms with Crippen molar-refractivity contribution in [3.05, 3.63) is 64.0 Å². The Labute approximate surface area is 139 Å². The lowest BCUT2D eigenvalue weighted by Crippen LogP contribution is -2.14. The van der Waals surface area contributed by atoms with Crippen LogP contribution >= 0.6 is 11.6 Å². The third kappa shape index (κ3) is 4.49. The maximum atomic E-state index is 12.3. The third-order valence-electron chi connectivity index (χ3n) is 2.91. The Kier molecular flexibility index (Phi) is 5.27. The monoisotopic (exact) mass is 348 g/mol. The zero-order valence-electron chi connectivity index (χ0n) is 12.2. The van der Waals surface area contributed by atoms with Gasteiger partial charge in [0.05, 0.1) is 7.11 Å². The van der Waals surface area contributed by atoms with E-state index in [0.717, 1.165) is 0 Å². The fourth-order valence-electron chi connectivity index (χ4n) is 1.75. The summed E-state index contributed by atoms with van der Waals surface area (Å²) in [6, 6.07) is 14.5. The van der Waals surface area contributed by atoms with Gasteiger partial charge in [0.25, 0.3) is 10.0 Å². The Morgan fingerprint density at radius 1 is 1.17 bits per heavy atom. The Hall–Kier alpha value is -2.49. The summed E-state index contributed by atoms with van der Waals surface area (Å²) in [5.74, 6) is 0.602. The number of nitrogens with zero attached hydrogens (tertiary/aromatic N) is 1. The summed E-state index contributed by atoms with van der Waals surface area (Å²) < 4.78 is 32.0. The van der Waals surface area contributed by atoms with Crippen LogP contribution in [0, 0.1) is 11.3 Å². The number of anilines is 1. The first-order valence-corrected chi connectivity index (χ1v) is 8.35. The highest BCUT2D eigenvalue weighted by Crippen LogP contribution is 2.20. The van der Waals surface area contributed by atoms with E-state index in [0.29, 0.717) is 22.0 Å². The molecule has 0 radical (unpaired) electrons. The largest absolute Gasteiger partial charge is 0.497 e. The third-order valence-corrected chi connectivity index (χ3v) is 4.45. The molecule has 2 rings (SSSR count). The number of hydrogen-bond acceptors (Lipinski definition) is 4. The quantitative estimate of drug-likeness (QED) is 0.836. The van der Waals surface area contributed by atoms with Gasteiger partial charge in [0.1, 0.15) is 11.8 Å². The van der Waals surface area contributed by atoms with Gasteiger partial charge >= 0.3 is 0 Å². The van der Waals surface area contributed by atoms with Crippen molar-refractivity contribution in [2.45, 2.75) is 0 Å². The Morgan fingerprint density at radius 3 is 2.30 bits per heavy atom. The molecule has 0 bridgehead atoms.